The fourth-order valence-corrected chi connectivity index (χ4v) is 1.85. The number of guanidine groups is 2. The fraction of sp³-hybridized carbons (Fsp3) is 0.800. The van der Waals surface area contributed by atoms with Gasteiger partial charge in [-0.05, 0) is 12.8 Å². The second-order valence-corrected chi connectivity index (χ2v) is 4.00. The lowest BCUT2D eigenvalue weighted by Gasteiger charge is -2.24. The summed E-state index contributed by atoms with van der Waals surface area (Å²) in [7, 11) is 0. The van der Waals surface area contributed by atoms with Gasteiger partial charge in [0.2, 0.25) is 0 Å². The molecule has 0 unspecified atom stereocenters. The summed E-state index contributed by atoms with van der Waals surface area (Å²) in [6, 6.07) is 0. The molecule has 1 aliphatic heterocycles. The predicted molar refractivity (Wildman–Crippen MR) is 62.1 cm³/mol. The average molecular weight is 211 g/mol. The van der Waals surface area contributed by atoms with Crippen molar-refractivity contribution in [3.05, 3.63) is 0 Å². The van der Waals surface area contributed by atoms with E-state index in [0.29, 0.717) is 0 Å². The van der Waals surface area contributed by atoms with E-state index in [1.165, 1.54) is 25.7 Å². The van der Waals surface area contributed by atoms with Crippen LogP contribution >= 0.6 is 0 Å². The second-order valence-electron chi connectivity index (χ2n) is 4.00. The van der Waals surface area contributed by atoms with Crippen LogP contribution in [-0.4, -0.2) is 29.9 Å². The Hall–Kier alpha value is -1.26. The summed E-state index contributed by atoms with van der Waals surface area (Å²) in [4.78, 5) is 1.98. The van der Waals surface area contributed by atoms with Crippen molar-refractivity contribution in [2.75, 3.05) is 13.1 Å². The third-order valence-electron chi connectivity index (χ3n) is 2.68. The minimum Gasteiger partial charge on any atom is -0.370 e. The third-order valence-corrected chi connectivity index (χ3v) is 2.68. The molecular formula is C10H21N5. The lowest BCUT2D eigenvalue weighted by molar-refractivity contribution is 0.395. The molecule has 0 aliphatic carbocycles. The van der Waals surface area contributed by atoms with Gasteiger partial charge in [0.15, 0.2) is 11.9 Å². The van der Waals surface area contributed by atoms with Gasteiger partial charge in [0, 0.05) is 13.1 Å². The fourth-order valence-electron chi connectivity index (χ4n) is 1.85. The van der Waals surface area contributed by atoms with Crippen LogP contribution in [-0.2, 0) is 0 Å². The summed E-state index contributed by atoms with van der Waals surface area (Å²) in [5, 5.41) is 17.4. The summed E-state index contributed by atoms with van der Waals surface area (Å²) >= 11 is 0. The number of rotatable bonds is 0. The maximum Gasteiger partial charge on any atom is 0.197 e. The van der Waals surface area contributed by atoms with Gasteiger partial charge < -0.3 is 10.6 Å². The quantitative estimate of drug-likeness (QED) is 0.357. The molecule has 0 saturated carbocycles. The smallest absolute Gasteiger partial charge is 0.197 e. The Balaban J connectivity index is 2.41. The minimum absolute atomic E-state index is 0.153. The van der Waals surface area contributed by atoms with Crippen molar-refractivity contribution < 1.29 is 0 Å². The molecule has 0 amide bonds. The molecule has 5 heteroatoms. The highest BCUT2D eigenvalue weighted by Crippen LogP contribution is 2.10. The Labute approximate surface area is 91.0 Å². The summed E-state index contributed by atoms with van der Waals surface area (Å²) in [5.74, 6) is 0.115. The predicted octanol–water partition coefficient (Wildman–Crippen LogP) is 1.06. The number of nitrogens with two attached hydrogens (primary N) is 1. The first-order chi connectivity index (χ1) is 7.20. The van der Waals surface area contributed by atoms with Crippen molar-refractivity contribution in [3.63, 3.8) is 0 Å². The lowest BCUT2D eigenvalue weighted by atomic mass is 10.1. The van der Waals surface area contributed by atoms with Gasteiger partial charge in [0.05, 0.1) is 0 Å². The highest BCUT2D eigenvalue weighted by molar-refractivity contribution is 5.94. The van der Waals surface area contributed by atoms with E-state index in [1.54, 1.807) is 0 Å². The minimum atomic E-state index is -0.153. The van der Waals surface area contributed by atoms with Crippen molar-refractivity contribution in [2.45, 2.75) is 38.5 Å². The molecule has 1 fully saturated rings. The van der Waals surface area contributed by atoms with Gasteiger partial charge in [-0.25, -0.2) is 0 Å². The molecular weight excluding hydrogens is 190 g/mol. The van der Waals surface area contributed by atoms with Crippen LogP contribution in [0, 0.1) is 10.8 Å². The summed E-state index contributed by atoms with van der Waals surface area (Å²) in [6.07, 6.45) is 7.35. The number of nitrogens with zero attached hydrogens (tertiary/aromatic N) is 1. The first-order valence-corrected chi connectivity index (χ1v) is 5.64. The van der Waals surface area contributed by atoms with Crippen LogP contribution in [0.2, 0.25) is 0 Å². The van der Waals surface area contributed by atoms with Crippen LogP contribution in [0.3, 0.4) is 0 Å². The van der Waals surface area contributed by atoms with Crippen LogP contribution in [0.15, 0.2) is 0 Å². The van der Waals surface area contributed by atoms with E-state index in [0.717, 1.165) is 25.9 Å². The molecule has 1 saturated heterocycles. The summed E-state index contributed by atoms with van der Waals surface area (Å²) in [5.41, 5.74) is 5.21. The Bertz CT molecular complexity index is 216. The first-order valence-electron chi connectivity index (χ1n) is 5.64. The molecule has 0 aromatic rings. The maximum atomic E-state index is 7.75. The Morgan fingerprint density at radius 1 is 0.933 bits per heavy atom. The van der Waals surface area contributed by atoms with Crippen molar-refractivity contribution in [3.8, 4) is 0 Å². The summed E-state index contributed by atoms with van der Waals surface area (Å²) < 4.78 is 0. The van der Waals surface area contributed by atoms with E-state index in [2.05, 4.69) is 5.32 Å². The van der Waals surface area contributed by atoms with Gasteiger partial charge in [-0.3, -0.25) is 16.1 Å². The molecule has 0 atom stereocenters. The SMILES string of the molecule is N=C(N)NC(=N)N1CCCCCCCC1. The number of hydrogen-bond acceptors (Lipinski definition) is 2. The van der Waals surface area contributed by atoms with E-state index < -0.39 is 0 Å². The van der Waals surface area contributed by atoms with Gasteiger partial charge >= 0.3 is 0 Å². The molecule has 0 bridgehead atoms. The molecule has 1 aliphatic rings. The van der Waals surface area contributed by atoms with Gasteiger partial charge in [-0.15, -0.1) is 0 Å². The van der Waals surface area contributed by atoms with Crippen molar-refractivity contribution in [1.29, 1.82) is 10.8 Å². The average Bonchev–Trinajstić information content (AvgIpc) is 2.29. The Morgan fingerprint density at radius 3 is 1.87 bits per heavy atom. The van der Waals surface area contributed by atoms with E-state index >= 15 is 0 Å². The van der Waals surface area contributed by atoms with Crippen molar-refractivity contribution >= 4 is 11.9 Å². The molecule has 86 valence electrons. The monoisotopic (exact) mass is 211 g/mol. The standard InChI is InChI=1S/C10H21N5/c11-9(12)14-10(13)15-7-5-3-1-2-4-6-8-15/h1-8H2,(H5,11,12,13,14). The Morgan fingerprint density at radius 2 is 1.40 bits per heavy atom. The molecule has 5 N–H and O–H groups in total. The van der Waals surface area contributed by atoms with Gasteiger partial charge in [0.25, 0.3) is 0 Å². The first kappa shape index (κ1) is 11.8. The molecule has 1 rings (SSSR count). The van der Waals surface area contributed by atoms with Crippen LogP contribution in [0.4, 0.5) is 0 Å². The second kappa shape index (κ2) is 6.27. The molecule has 0 aromatic heterocycles. The van der Waals surface area contributed by atoms with E-state index in [1.807, 2.05) is 4.90 Å². The topological polar surface area (TPSA) is 89.0 Å². The lowest BCUT2D eigenvalue weighted by Crippen LogP contribution is -2.46. The maximum absolute atomic E-state index is 7.75. The molecule has 1 heterocycles. The molecule has 0 radical (unpaired) electrons. The molecule has 15 heavy (non-hydrogen) atoms. The van der Waals surface area contributed by atoms with Crippen LogP contribution in [0.5, 0.6) is 0 Å². The van der Waals surface area contributed by atoms with E-state index in [-0.39, 0.29) is 11.9 Å². The van der Waals surface area contributed by atoms with Gasteiger partial charge in [0.1, 0.15) is 0 Å². The van der Waals surface area contributed by atoms with Gasteiger partial charge in [-0.1, -0.05) is 25.7 Å². The highest BCUT2D eigenvalue weighted by atomic mass is 15.3. The van der Waals surface area contributed by atoms with Crippen molar-refractivity contribution in [1.82, 2.24) is 10.2 Å². The zero-order valence-corrected chi connectivity index (χ0v) is 9.18. The van der Waals surface area contributed by atoms with E-state index in [4.69, 9.17) is 16.6 Å². The van der Waals surface area contributed by atoms with Crippen LogP contribution in [0.1, 0.15) is 38.5 Å². The molecule has 0 aromatic carbocycles. The van der Waals surface area contributed by atoms with Crippen LogP contribution < -0.4 is 11.1 Å². The zero-order valence-electron chi connectivity index (χ0n) is 9.18. The van der Waals surface area contributed by atoms with E-state index in [9.17, 15) is 0 Å². The van der Waals surface area contributed by atoms with Crippen LogP contribution in [0.25, 0.3) is 0 Å². The third kappa shape index (κ3) is 4.67. The summed E-state index contributed by atoms with van der Waals surface area (Å²) in [6.45, 7) is 1.80. The normalized spacial score (nSPS) is 18.5. The highest BCUT2D eigenvalue weighted by Gasteiger charge is 2.10. The molecule has 5 nitrogen and oxygen atoms in total. The number of hydrogen-bond donors (Lipinski definition) is 4. The number of nitrogens with one attached hydrogen (secondary N) is 3. The van der Waals surface area contributed by atoms with Gasteiger partial charge in [-0.2, -0.15) is 0 Å². The Kier molecular flexibility index (Phi) is 4.93. The largest absolute Gasteiger partial charge is 0.370 e. The van der Waals surface area contributed by atoms with Crippen molar-refractivity contribution in [2.24, 2.45) is 5.73 Å². The molecule has 0 spiro atoms. The zero-order chi connectivity index (χ0) is 11.1.